The van der Waals surface area contributed by atoms with E-state index >= 15 is 0 Å². The van der Waals surface area contributed by atoms with Gasteiger partial charge in [0.25, 0.3) is 0 Å². The lowest BCUT2D eigenvalue weighted by Crippen LogP contribution is -2.12. The van der Waals surface area contributed by atoms with Crippen LogP contribution in [-0.2, 0) is 4.79 Å². The molecule has 0 aliphatic carbocycles. The number of carbonyl (C=O) groups is 3. The van der Waals surface area contributed by atoms with Crippen LogP contribution in [0.15, 0.2) is 72.3 Å². The molecule has 0 spiro atoms. The van der Waals surface area contributed by atoms with Crippen molar-refractivity contribution in [3.8, 4) is 0 Å². The van der Waals surface area contributed by atoms with Crippen LogP contribution < -0.4 is 0 Å². The summed E-state index contributed by atoms with van der Waals surface area (Å²) in [6.45, 7) is 1.28. The molecule has 2 aromatic rings. The molecule has 21 heavy (non-hydrogen) atoms. The molecule has 0 amide bonds. The zero-order valence-electron chi connectivity index (χ0n) is 11.6. The summed E-state index contributed by atoms with van der Waals surface area (Å²) in [5.41, 5.74) is 0.729. The van der Waals surface area contributed by atoms with Crippen LogP contribution in [0.5, 0.6) is 0 Å². The fraction of sp³-hybridized carbons (Fsp3) is 0.0556. The van der Waals surface area contributed by atoms with Gasteiger partial charge >= 0.3 is 0 Å². The highest BCUT2D eigenvalue weighted by atomic mass is 16.2. The van der Waals surface area contributed by atoms with Crippen molar-refractivity contribution in [3.63, 3.8) is 0 Å². The minimum absolute atomic E-state index is 0.102. The lowest BCUT2D eigenvalue weighted by Gasteiger charge is -2.03. The summed E-state index contributed by atoms with van der Waals surface area (Å²) in [5.74, 6) is -1.22. The Hall–Kier alpha value is -2.81. The van der Waals surface area contributed by atoms with Crippen molar-refractivity contribution < 1.29 is 14.4 Å². The maximum Gasteiger partial charge on any atom is 0.196 e. The average Bonchev–Trinajstić information content (AvgIpc) is 2.53. The van der Waals surface area contributed by atoms with Gasteiger partial charge in [-0.15, -0.1) is 0 Å². The molecule has 0 aliphatic heterocycles. The molecule has 0 heterocycles. The second-order valence-corrected chi connectivity index (χ2v) is 4.54. The summed E-state index contributed by atoms with van der Waals surface area (Å²) >= 11 is 0. The van der Waals surface area contributed by atoms with E-state index in [0.29, 0.717) is 11.1 Å². The monoisotopic (exact) mass is 278 g/mol. The fourth-order valence-corrected chi connectivity index (χ4v) is 1.89. The Balaban J connectivity index is 2.36. The Morgan fingerprint density at radius 1 is 0.762 bits per heavy atom. The van der Waals surface area contributed by atoms with E-state index in [9.17, 15) is 14.4 Å². The van der Waals surface area contributed by atoms with E-state index in [-0.39, 0.29) is 11.4 Å². The van der Waals surface area contributed by atoms with E-state index in [0.717, 1.165) is 6.08 Å². The molecule has 3 nitrogen and oxygen atoms in total. The first-order chi connectivity index (χ1) is 10.1. The molecule has 104 valence electrons. The zero-order valence-corrected chi connectivity index (χ0v) is 11.6. The van der Waals surface area contributed by atoms with Crippen molar-refractivity contribution in [3.05, 3.63) is 83.4 Å². The molecule has 0 bridgehead atoms. The van der Waals surface area contributed by atoms with E-state index < -0.39 is 11.6 Å². The number of hydrogen-bond acceptors (Lipinski definition) is 3. The quantitative estimate of drug-likeness (QED) is 0.365. The third-order valence-corrected chi connectivity index (χ3v) is 2.99. The Morgan fingerprint density at radius 2 is 1.24 bits per heavy atom. The Labute approximate surface area is 122 Å². The summed E-state index contributed by atoms with van der Waals surface area (Å²) in [6, 6.07) is 17.0. The van der Waals surface area contributed by atoms with Crippen molar-refractivity contribution >= 4 is 17.3 Å². The predicted octanol–water partition coefficient (Wildman–Crippen LogP) is 3.27. The molecule has 0 aromatic heterocycles. The minimum Gasteiger partial charge on any atom is -0.294 e. The van der Waals surface area contributed by atoms with Gasteiger partial charge in [-0.25, -0.2) is 0 Å². The summed E-state index contributed by atoms with van der Waals surface area (Å²) in [4.78, 5) is 36.1. The molecule has 2 aromatic carbocycles. The molecule has 0 saturated heterocycles. The minimum atomic E-state index is -0.438. The molecule has 0 N–H and O–H groups in total. The normalized spacial score (nSPS) is 11.0. The maximum absolute atomic E-state index is 12.3. The molecule has 0 aliphatic rings. The topological polar surface area (TPSA) is 51.2 Å². The molecule has 0 unspecified atom stereocenters. The van der Waals surface area contributed by atoms with Crippen LogP contribution >= 0.6 is 0 Å². The van der Waals surface area contributed by atoms with Gasteiger partial charge < -0.3 is 0 Å². The second-order valence-electron chi connectivity index (χ2n) is 4.54. The number of Topliss-reactive ketones (excluding diaryl/α,β-unsaturated/α-hetero) is 2. The molecular formula is C18H14O3. The number of carbonyl (C=O) groups excluding carboxylic acids is 3. The van der Waals surface area contributed by atoms with Crippen LogP contribution in [0.3, 0.4) is 0 Å². The van der Waals surface area contributed by atoms with Crippen LogP contribution in [0.4, 0.5) is 0 Å². The first-order valence-corrected chi connectivity index (χ1v) is 6.51. The number of hydrogen-bond donors (Lipinski definition) is 0. The first-order valence-electron chi connectivity index (χ1n) is 6.51. The Kier molecular flexibility index (Phi) is 4.57. The lowest BCUT2D eigenvalue weighted by molar-refractivity contribution is -0.113. The van der Waals surface area contributed by atoms with Crippen molar-refractivity contribution in [1.29, 1.82) is 0 Å². The van der Waals surface area contributed by atoms with Crippen LogP contribution in [0, 0.1) is 0 Å². The third kappa shape index (κ3) is 3.60. The van der Waals surface area contributed by atoms with E-state index in [1.54, 1.807) is 60.7 Å². The number of benzene rings is 2. The van der Waals surface area contributed by atoms with Gasteiger partial charge in [0.1, 0.15) is 0 Å². The molecular weight excluding hydrogens is 264 g/mol. The van der Waals surface area contributed by atoms with Gasteiger partial charge in [-0.05, 0) is 6.92 Å². The largest absolute Gasteiger partial charge is 0.294 e. The molecule has 0 saturated carbocycles. The second kappa shape index (κ2) is 6.57. The molecule has 0 radical (unpaired) electrons. The van der Waals surface area contributed by atoms with Crippen LogP contribution in [0.25, 0.3) is 0 Å². The van der Waals surface area contributed by atoms with E-state index in [1.165, 1.54) is 6.92 Å². The summed E-state index contributed by atoms with van der Waals surface area (Å²) < 4.78 is 0. The maximum atomic E-state index is 12.3. The third-order valence-electron chi connectivity index (χ3n) is 2.99. The number of ketones is 3. The Bertz CT molecular complexity index is 698. The highest BCUT2D eigenvalue weighted by Crippen LogP contribution is 2.11. The highest BCUT2D eigenvalue weighted by molar-refractivity contribution is 6.28. The SMILES string of the molecule is CC(=O)/C(=C/C(=O)c1ccccc1)C(=O)c1ccccc1. The smallest absolute Gasteiger partial charge is 0.196 e. The van der Waals surface area contributed by atoms with Crippen molar-refractivity contribution in [2.75, 3.05) is 0 Å². The summed E-state index contributed by atoms with van der Waals surface area (Å²) in [7, 11) is 0. The molecule has 0 atom stereocenters. The zero-order chi connectivity index (χ0) is 15.2. The van der Waals surface area contributed by atoms with E-state index in [1.807, 2.05) is 0 Å². The fourth-order valence-electron chi connectivity index (χ4n) is 1.89. The van der Waals surface area contributed by atoms with E-state index in [4.69, 9.17) is 0 Å². The van der Waals surface area contributed by atoms with Gasteiger partial charge in [-0.3, -0.25) is 14.4 Å². The standard InChI is InChI=1S/C18H14O3/c1-13(19)16(18(21)15-10-6-3-7-11-15)12-17(20)14-8-4-2-5-9-14/h2-12H,1H3/b16-12-. The van der Waals surface area contributed by atoms with Crippen molar-refractivity contribution in [1.82, 2.24) is 0 Å². The summed E-state index contributed by atoms with van der Waals surface area (Å²) in [6.07, 6.45) is 1.12. The van der Waals surface area contributed by atoms with Gasteiger partial charge in [0, 0.05) is 17.2 Å². The molecule has 0 fully saturated rings. The van der Waals surface area contributed by atoms with Crippen LogP contribution in [0.2, 0.25) is 0 Å². The van der Waals surface area contributed by atoms with Crippen LogP contribution in [0.1, 0.15) is 27.6 Å². The molecule has 3 heteroatoms. The van der Waals surface area contributed by atoms with E-state index in [2.05, 4.69) is 0 Å². The van der Waals surface area contributed by atoms with Gasteiger partial charge in [0.15, 0.2) is 17.3 Å². The number of allylic oxidation sites excluding steroid dienone is 2. The molecule has 2 rings (SSSR count). The van der Waals surface area contributed by atoms with Gasteiger partial charge in [-0.1, -0.05) is 60.7 Å². The van der Waals surface area contributed by atoms with Gasteiger partial charge in [-0.2, -0.15) is 0 Å². The number of rotatable bonds is 5. The van der Waals surface area contributed by atoms with Gasteiger partial charge in [0.2, 0.25) is 0 Å². The van der Waals surface area contributed by atoms with Crippen molar-refractivity contribution in [2.45, 2.75) is 6.92 Å². The summed E-state index contributed by atoms with van der Waals surface area (Å²) in [5, 5.41) is 0. The predicted molar refractivity (Wildman–Crippen MR) is 80.3 cm³/mol. The van der Waals surface area contributed by atoms with Crippen molar-refractivity contribution in [2.24, 2.45) is 0 Å². The Morgan fingerprint density at radius 3 is 1.71 bits per heavy atom. The highest BCUT2D eigenvalue weighted by Gasteiger charge is 2.18. The lowest BCUT2D eigenvalue weighted by atomic mass is 9.98. The average molecular weight is 278 g/mol. The van der Waals surface area contributed by atoms with Gasteiger partial charge in [0.05, 0.1) is 5.57 Å². The first kappa shape index (κ1) is 14.6. The van der Waals surface area contributed by atoms with Crippen LogP contribution in [-0.4, -0.2) is 17.3 Å².